The van der Waals surface area contributed by atoms with Gasteiger partial charge >= 0.3 is 6.09 Å². The second-order valence-electron chi connectivity index (χ2n) is 7.49. The standard InChI is InChI=1S/C19H25N3O4S/c1-22(19(24)25)12-3-5-13(6-4-12)26-17-16-15-11(8-9-23)2-7-14(15)27-18(16)21-10-20-17/h10-13,23H,2-9H2,1H3,(H,24,25). The first-order chi connectivity index (χ1) is 13.1. The van der Waals surface area contributed by atoms with Crippen LogP contribution in [0.25, 0.3) is 10.2 Å². The van der Waals surface area contributed by atoms with Crippen LogP contribution in [0.1, 0.15) is 54.9 Å². The van der Waals surface area contributed by atoms with Crippen LogP contribution in [0.15, 0.2) is 6.33 Å². The monoisotopic (exact) mass is 391 g/mol. The minimum atomic E-state index is -0.874. The summed E-state index contributed by atoms with van der Waals surface area (Å²) in [6, 6.07) is 0.0621. The van der Waals surface area contributed by atoms with E-state index in [2.05, 4.69) is 9.97 Å². The Hall–Kier alpha value is -1.93. The normalized spacial score (nSPS) is 24.7. The molecule has 1 saturated carbocycles. The second kappa shape index (κ2) is 7.59. The Morgan fingerprint density at radius 3 is 2.78 bits per heavy atom. The molecule has 1 atom stereocenters. The number of aliphatic hydroxyl groups excluding tert-OH is 1. The largest absolute Gasteiger partial charge is 0.474 e. The lowest BCUT2D eigenvalue weighted by atomic mass is 9.92. The summed E-state index contributed by atoms with van der Waals surface area (Å²) in [6.07, 6.45) is 6.85. The lowest BCUT2D eigenvalue weighted by Gasteiger charge is -2.33. The molecule has 2 heterocycles. The highest BCUT2D eigenvalue weighted by molar-refractivity contribution is 7.19. The third-order valence-electron chi connectivity index (χ3n) is 5.94. The summed E-state index contributed by atoms with van der Waals surface area (Å²) in [5, 5.41) is 19.6. The van der Waals surface area contributed by atoms with Gasteiger partial charge in [-0.15, -0.1) is 11.3 Å². The molecule has 2 aliphatic carbocycles. The Labute approximate surface area is 162 Å². The highest BCUT2D eigenvalue weighted by Crippen LogP contribution is 2.47. The zero-order valence-corrected chi connectivity index (χ0v) is 16.2. The van der Waals surface area contributed by atoms with Crippen molar-refractivity contribution < 1.29 is 19.7 Å². The molecule has 8 heteroatoms. The van der Waals surface area contributed by atoms with Gasteiger partial charge in [0.25, 0.3) is 0 Å². The van der Waals surface area contributed by atoms with Gasteiger partial charge in [0.05, 0.1) is 5.39 Å². The molecule has 0 aliphatic heterocycles. The number of carboxylic acid groups (broad SMARTS) is 1. The van der Waals surface area contributed by atoms with Crippen LogP contribution in [-0.2, 0) is 6.42 Å². The number of aromatic nitrogens is 2. The maximum atomic E-state index is 11.1. The molecule has 1 unspecified atom stereocenters. The number of aliphatic hydroxyl groups is 1. The third kappa shape index (κ3) is 3.48. The minimum Gasteiger partial charge on any atom is -0.474 e. The molecule has 7 nitrogen and oxygen atoms in total. The smallest absolute Gasteiger partial charge is 0.407 e. The van der Waals surface area contributed by atoms with Crippen molar-refractivity contribution in [1.82, 2.24) is 14.9 Å². The van der Waals surface area contributed by atoms with Gasteiger partial charge in [0, 0.05) is 24.6 Å². The fourth-order valence-electron chi connectivity index (χ4n) is 4.44. The summed E-state index contributed by atoms with van der Waals surface area (Å²) in [6.45, 7) is 0.187. The molecule has 146 valence electrons. The van der Waals surface area contributed by atoms with Gasteiger partial charge in [-0.25, -0.2) is 14.8 Å². The summed E-state index contributed by atoms with van der Waals surface area (Å²) in [7, 11) is 1.64. The SMILES string of the molecule is CN(C(=O)O)C1CCC(Oc2ncnc3sc4c(c23)C(CCO)CC4)CC1. The quantitative estimate of drug-likeness (QED) is 0.811. The van der Waals surface area contributed by atoms with Crippen LogP contribution < -0.4 is 4.74 Å². The molecule has 2 aromatic heterocycles. The zero-order chi connectivity index (χ0) is 19.0. The van der Waals surface area contributed by atoms with E-state index in [0.29, 0.717) is 11.8 Å². The molecule has 0 bridgehead atoms. The number of aryl methyl sites for hydroxylation is 1. The highest BCUT2D eigenvalue weighted by atomic mass is 32.1. The Balaban J connectivity index is 1.53. The van der Waals surface area contributed by atoms with Gasteiger partial charge in [-0.2, -0.15) is 0 Å². The number of fused-ring (bicyclic) bond motifs is 3. The van der Waals surface area contributed by atoms with E-state index in [-0.39, 0.29) is 18.8 Å². The average molecular weight is 391 g/mol. The lowest BCUT2D eigenvalue weighted by molar-refractivity contribution is 0.0891. The zero-order valence-electron chi connectivity index (χ0n) is 15.4. The van der Waals surface area contributed by atoms with Crippen LogP contribution in [-0.4, -0.2) is 57.0 Å². The summed E-state index contributed by atoms with van der Waals surface area (Å²) >= 11 is 1.72. The van der Waals surface area contributed by atoms with Crippen LogP contribution in [0.4, 0.5) is 4.79 Å². The fourth-order valence-corrected chi connectivity index (χ4v) is 5.67. The summed E-state index contributed by atoms with van der Waals surface area (Å²) in [5.41, 5.74) is 1.28. The van der Waals surface area contributed by atoms with Crippen molar-refractivity contribution in [2.24, 2.45) is 0 Å². The van der Waals surface area contributed by atoms with E-state index >= 15 is 0 Å². The maximum Gasteiger partial charge on any atom is 0.407 e. The van der Waals surface area contributed by atoms with Gasteiger partial charge in [-0.1, -0.05) is 0 Å². The molecule has 1 fully saturated rings. The third-order valence-corrected chi connectivity index (χ3v) is 7.12. The van der Waals surface area contributed by atoms with Gasteiger partial charge in [-0.3, -0.25) is 0 Å². The van der Waals surface area contributed by atoms with E-state index in [0.717, 1.165) is 55.2 Å². The van der Waals surface area contributed by atoms with Crippen LogP contribution in [0.2, 0.25) is 0 Å². The highest BCUT2D eigenvalue weighted by Gasteiger charge is 2.32. The Bertz CT molecular complexity index is 832. The maximum absolute atomic E-state index is 11.1. The van der Waals surface area contributed by atoms with Gasteiger partial charge in [0.15, 0.2) is 0 Å². The Morgan fingerprint density at radius 2 is 2.07 bits per heavy atom. The minimum absolute atomic E-state index is 0.0507. The number of rotatable bonds is 5. The van der Waals surface area contributed by atoms with Crippen molar-refractivity contribution in [1.29, 1.82) is 0 Å². The predicted octanol–water partition coefficient (Wildman–Crippen LogP) is 3.40. The fraction of sp³-hybridized carbons (Fsp3) is 0.632. The Morgan fingerprint density at radius 1 is 1.30 bits per heavy atom. The number of thiophene rings is 1. The van der Waals surface area contributed by atoms with Crippen LogP contribution in [0.3, 0.4) is 0 Å². The molecular weight excluding hydrogens is 366 g/mol. The number of nitrogens with zero attached hydrogens (tertiary/aromatic N) is 3. The van der Waals surface area contributed by atoms with Crippen molar-refractivity contribution >= 4 is 27.6 Å². The molecule has 2 aliphatic rings. The molecule has 2 aromatic rings. The number of ether oxygens (including phenoxy) is 1. The molecule has 0 aromatic carbocycles. The lowest BCUT2D eigenvalue weighted by Crippen LogP contribution is -2.40. The number of amides is 1. The van der Waals surface area contributed by atoms with Crippen molar-refractivity contribution in [3.8, 4) is 5.88 Å². The van der Waals surface area contributed by atoms with E-state index in [1.165, 1.54) is 15.3 Å². The summed E-state index contributed by atoms with van der Waals surface area (Å²) < 4.78 is 6.29. The van der Waals surface area contributed by atoms with Crippen molar-refractivity contribution in [3.05, 3.63) is 16.8 Å². The van der Waals surface area contributed by atoms with Crippen molar-refractivity contribution in [2.75, 3.05) is 13.7 Å². The van der Waals surface area contributed by atoms with Crippen LogP contribution in [0, 0.1) is 0 Å². The first kappa shape index (κ1) is 18.4. The topological polar surface area (TPSA) is 95.8 Å². The van der Waals surface area contributed by atoms with Crippen molar-refractivity contribution in [3.63, 3.8) is 0 Å². The van der Waals surface area contributed by atoms with E-state index in [1.54, 1.807) is 24.7 Å². The van der Waals surface area contributed by atoms with E-state index in [4.69, 9.17) is 9.84 Å². The molecule has 1 amide bonds. The van der Waals surface area contributed by atoms with Crippen molar-refractivity contribution in [2.45, 2.75) is 63.0 Å². The van der Waals surface area contributed by atoms with E-state index < -0.39 is 6.09 Å². The van der Waals surface area contributed by atoms with Gasteiger partial charge in [-0.05, 0) is 56.4 Å². The van der Waals surface area contributed by atoms with Gasteiger partial charge < -0.3 is 19.8 Å². The van der Waals surface area contributed by atoms with Gasteiger partial charge in [0.2, 0.25) is 5.88 Å². The van der Waals surface area contributed by atoms with Crippen LogP contribution >= 0.6 is 11.3 Å². The number of hydrogen-bond donors (Lipinski definition) is 2. The average Bonchev–Trinajstić information content (AvgIpc) is 3.22. The first-order valence-corrected chi connectivity index (χ1v) is 10.4. The second-order valence-corrected chi connectivity index (χ2v) is 8.57. The van der Waals surface area contributed by atoms with Crippen LogP contribution in [0.5, 0.6) is 5.88 Å². The van der Waals surface area contributed by atoms with Gasteiger partial charge in [0.1, 0.15) is 17.3 Å². The first-order valence-electron chi connectivity index (χ1n) is 9.58. The summed E-state index contributed by atoms with van der Waals surface area (Å²) in [4.78, 5) is 23.7. The van der Waals surface area contributed by atoms with E-state index in [9.17, 15) is 9.90 Å². The number of carbonyl (C=O) groups is 1. The molecular formula is C19H25N3O4S. The summed E-state index contributed by atoms with van der Waals surface area (Å²) in [5.74, 6) is 1.00. The molecule has 2 N–H and O–H groups in total. The molecule has 0 radical (unpaired) electrons. The Kier molecular flexibility index (Phi) is 5.19. The molecule has 0 saturated heterocycles. The molecule has 4 rings (SSSR count). The molecule has 0 spiro atoms. The predicted molar refractivity (Wildman–Crippen MR) is 103 cm³/mol. The molecule has 27 heavy (non-hydrogen) atoms. The number of hydrogen-bond acceptors (Lipinski definition) is 6. The van der Waals surface area contributed by atoms with E-state index in [1.807, 2.05) is 0 Å².